The molecule has 4 rings (SSSR count). The fourth-order valence-corrected chi connectivity index (χ4v) is 4.25. The average Bonchev–Trinajstić information content (AvgIpc) is 3.17. The number of amides is 1. The zero-order valence-electron chi connectivity index (χ0n) is 16.3. The van der Waals surface area contributed by atoms with Crippen LogP contribution < -0.4 is 9.62 Å². The van der Waals surface area contributed by atoms with Crippen LogP contribution in [0.5, 0.6) is 0 Å². The van der Waals surface area contributed by atoms with Gasteiger partial charge in [0, 0.05) is 36.5 Å². The molecule has 0 unspecified atom stereocenters. The van der Waals surface area contributed by atoms with Crippen LogP contribution in [0, 0.1) is 17.2 Å². The second kappa shape index (κ2) is 8.51. The number of fused-ring (bicyclic) bond motifs is 1. The summed E-state index contributed by atoms with van der Waals surface area (Å²) in [5.41, 5.74) is 0.868. The van der Waals surface area contributed by atoms with Crippen molar-refractivity contribution in [2.75, 3.05) is 18.0 Å². The Balaban J connectivity index is 1.36. The Morgan fingerprint density at radius 1 is 1.29 bits per heavy atom. The highest BCUT2D eigenvalue weighted by Gasteiger charge is 2.35. The van der Waals surface area contributed by atoms with Gasteiger partial charge in [-0.25, -0.2) is 9.78 Å². The number of nitriles is 1. The maximum Gasteiger partial charge on any atom is 0.340 e. The zero-order chi connectivity index (χ0) is 22.0. The third kappa shape index (κ3) is 4.32. The van der Waals surface area contributed by atoms with Crippen molar-refractivity contribution in [3.05, 3.63) is 58.8 Å². The van der Waals surface area contributed by atoms with Crippen LogP contribution >= 0.6 is 11.9 Å². The average molecular weight is 444 g/mol. The Kier molecular flexibility index (Phi) is 5.78. The van der Waals surface area contributed by atoms with Gasteiger partial charge in [0.05, 0.1) is 16.8 Å². The van der Waals surface area contributed by atoms with Gasteiger partial charge in [0.15, 0.2) is 0 Å². The van der Waals surface area contributed by atoms with Gasteiger partial charge < -0.3 is 9.64 Å². The number of nitrogens with zero attached hydrogens (tertiary/aromatic N) is 3. The number of piperidine rings is 1. The molecule has 160 valence electrons. The van der Waals surface area contributed by atoms with E-state index in [4.69, 9.17) is 4.74 Å². The zero-order valence-corrected chi connectivity index (χ0v) is 17.1. The molecule has 1 N–H and O–H groups in total. The van der Waals surface area contributed by atoms with Gasteiger partial charge in [0.25, 0.3) is 0 Å². The number of anilines is 1. The van der Waals surface area contributed by atoms with Gasteiger partial charge in [0.2, 0.25) is 5.91 Å². The SMILES string of the molecule is N#Cc1cc2c(nc1N1CCC(C(=O)NSC(F)(F)c3ccccc3)CC1)COC2=O. The number of aromatic nitrogens is 1. The molecule has 1 fully saturated rings. The first kappa shape index (κ1) is 21.1. The molecule has 2 aromatic rings. The van der Waals surface area contributed by atoms with Gasteiger partial charge in [-0.15, -0.1) is 0 Å². The number of carbonyl (C=O) groups is 2. The topological polar surface area (TPSA) is 95.3 Å². The first-order valence-corrected chi connectivity index (χ1v) is 10.5. The van der Waals surface area contributed by atoms with Crippen LogP contribution in [0.15, 0.2) is 36.4 Å². The Morgan fingerprint density at radius 3 is 2.68 bits per heavy atom. The number of ether oxygens (including phenoxy) is 1. The smallest absolute Gasteiger partial charge is 0.340 e. The number of cyclic esters (lactones) is 1. The predicted molar refractivity (Wildman–Crippen MR) is 109 cm³/mol. The van der Waals surface area contributed by atoms with Crippen molar-refractivity contribution in [3.63, 3.8) is 0 Å². The van der Waals surface area contributed by atoms with Crippen molar-refractivity contribution in [1.29, 1.82) is 5.26 Å². The summed E-state index contributed by atoms with van der Waals surface area (Å²) in [5, 5.41) is 6.21. The summed E-state index contributed by atoms with van der Waals surface area (Å²) in [5.74, 6) is -0.906. The second-order valence-electron chi connectivity index (χ2n) is 7.25. The molecule has 1 saturated heterocycles. The fraction of sp³-hybridized carbons (Fsp3) is 0.333. The molecule has 1 aromatic carbocycles. The van der Waals surface area contributed by atoms with E-state index in [-0.39, 0.29) is 29.7 Å². The Morgan fingerprint density at radius 2 is 2.00 bits per heavy atom. The number of carbonyl (C=O) groups excluding carboxylic acids is 2. The third-order valence-corrected chi connectivity index (χ3v) is 6.11. The molecule has 1 amide bonds. The van der Waals surface area contributed by atoms with E-state index >= 15 is 0 Å². The van der Waals surface area contributed by atoms with Gasteiger partial charge in [0.1, 0.15) is 18.5 Å². The summed E-state index contributed by atoms with van der Waals surface area (Å²) in [7, 11) is 0. The lowest BCUT2D eigenvalue weighted by Crippen LogP contribution is -2.40. The number of rotatable bonds is 5. The molecule has 3 heterocycles. The van der Waals surface area contributed by atoms with Crippen LogP contribution in [0.3, 0.4) is 0 Å². The first-order valence-electron chi connectivity index (χ1n) is 9.66. The molecule has 2 aliphatic rings. The number of esters is 1. The fourth-order valence-electron chi connectivity index (χ4n) is 3.60. The molecule has 0 spiro atoms. The standard InChI is InChI=1S/C21H18F2N4O3S/c22-21(23,15-4-2-1-3-5-15)31-26-19(28)13-6-8-27(9-7-13)18-14(11-24)10-16-17(25-18)12-30-20(16)29/h1-5,10,13H,6-9,12H2,(H,26,28). The number of pyridine rings is 1. The van der Waals surface area contributed by atoms with E-state index in [9.17, 15) is 23.6 Å². The van der Waals surface area contributed by atoms with Gasteiger partial charge in [-0.1, -0.05) is 30.3 Å². The number of nitrogens with one attached hydrogen (secondary N) is 1. The summed E-state index contributed by atoms with van der Waals surface area (Å²) in [6.45, 7) is 0.943. The van der Waals surface area contributed by atoms with E-state index in [0.29, 0.717) is 43.0 Å². The summed E-state index contributed by atoms with van der Waals surface area (Å²) in [4.78, 5) is 30.4. The summed E-state index contributed by atoms with van der Waals surface area (Å²) in [6.07, 6.45) is 0.866. The van der Waals surface area contributed by atoms with Crippen LogP contribution in [0.25, 0.3) is 0 Å². The monoisotopic (exact) mass is 444 g/mol. The number of halogens is 2. The lowest BCUT2D eigenvalue weighted by Gasteiger charge is -2.32. The summed E-state index contributed by atoms with van der Waals surface area (Å²) in [6, 6.07) is 10.8. The number of hydrogen-bond acceptors (Lipinski definition) is 7. The van der Waals surface area contributed by atoms with Gasteiger partial charge in [-0.2, -0.15) is 14.0 Å². The third-order valence-electron chi connectivity index (χ3n) is 5.32. The van der Waals surface area contributed by atoms with Crippen LogP contribution in [0.2, 0.25) is 0 Å². The Labute approximate surface area is 181 Å². The van der Waals surface area contributed by atoms with Crippen LogP contribution in [-0.2, 0) is 21.4 Å². The Bertz CT molecular complexity index is 1050. The van der Waals surface area contributed by atoms with Crippen LogP contribution in [0.1, 0.15) is 40.0 Å². The van der Waals surface area contributed by atoms with Crippen LogP contribution in [-0.4, -0.2) is 29.9 Å². The highest BCUT2D eigenvalue weighted by molar-refractivity contribution is 7.98. The molecule has 2 aliphatic heterocycles. The van der Waals surface area contributed by atoms with E-state index in [1.54, 1.807) is 6.07 Å². The normalized spacial score (nSPS) is 16.4. The summed E-state index contributed by atoms with van der Waals surface area (Å²) < 4.78 is 35.8. The minimum atomic E-state index is -3.23. The number of alkyl halides is 2. The largest absolute Gasteiger partial charge is 0.455 e. The maximum atomic E-state index is 14.3. The molecule has 0 aliphatic carbocycles. The number of benzene rings is 1. The van der Waals surface area contributed by atoms with Crippen molar-refractivity contribution in [2.24, 2.45) is 5.92 Å². The second-order valence-corrected chi connectivity index (χ2v) is 8.18. The van der Waals surface area contributed by atoms with E-state index in [0.717, 1.165) is 0 Å². The van der Waals surface area contributed by atoms with Crippen molar-refractivity contribution < 1.29 is 23.1 Å². The van der Waals surface area contributed by atoms with Crippen molar-refractivity contribution in [2.45, 2.75) is 24.7 Å². The quantitative estimate of drug-likeness (QED) is 0.558. The molecule has 31 heavy (non-hydrogen) atoms. The molecule has 0 bridgehead atoms. The van der Waals surface area contributed by atoms with Gasteiger partial charge in [-0.3, -0.25) is 9.52 Å². The van der Waals surface area contributed by atoms with E-state index < -0.39 is 23.0 Å². The van der Waals surface area contributed by atoms with Crippen molar-refractivity contribution in [1.82, 2.24) is 9.71 Å². The van der Waals surface area contributed by atoms with Crippen molar-refractivity contribution in [3.8, 4) is 6.07 Å². The first-order chi connectivity index (χ1) is 14.9. The lowest BCUT2D eigenvalue weighted by atomic mass is 9.96. The van der Waals surface area contributed by atoms with E-state index in [1.165, 1.54) is 30.3 Å². The van der Waals surface area contributed by atoms with Crippen LogP contribution in [0.4, 0.5) is 14.6 Å². The Hall–Kier alpha value is -3.19. The predicted octanol–water partition coefficient (Wildman–Crippen LogP) is 3.35. The maximum absolute atomic E-state index is 14.3. The highest BCUT2D eigenvalue weighted by Crippen LogP contribution is 2.38. The van der Waals surface area contributed by atoms with Gasteiger partial charge in [-0.05, 0) is 18.9 Å². The van der Waals surface area contributed by atoms with Gasteiger partial charge >= 0.3 is 11.2 Å². The summed E-state index contributed by atoms with van der Waals surface area (Å²) >= 11 is 0.103. The highest BCUT2D eigenvalue weighted by atomic mass is 32.2. The molecule has 1 aromatic heterocycles. The molecule has 0 radical (unpaired) electrons. The molecule has 7 nitrogen and oxygen atoms in total. The molecule has 10 heteroatoms. The minimum Gasteiger partial charge on any atom is -0.455 e. The molecule has 0 atom stereocenters. The van der Waals surface area contributed by atoms with E-state index in [2.05, 4.69) is 15.8 Å². The lowest BCUT2D eigenvalue weighted by molar-refractivity contribution is -0.123. The number of hydrogen-bond donors (Lipinski definition) is 1. The molecular weight excluding hydrogens is 426 g/mol. The molecule has 0 saturated carbocycles. The minimum absolute atomic E-state index is 0.0681. The van der Waals surface area contributed by atoms with E-state index in [1.807, 2.05) is 4.90 Å². The van der Waals surface area contributed by atoms with Crippen molar-refractivity contribution >= 4 is 29.6 Å². The molecular formula is C21H18F2N4O3S.